The number of benzene rings is 1. The molecule has 3 nitrogen and oxygen atoms in total. The van der Waals surface area contributed by atoms with Gasteiger partial charge in [-0.3, -0.25) is 0 Å². The lowest BCUT2D eigenvalue weighted by atomic mass is 10.0. The van der Waals surface area contributed by atoms with Gasteiger partial charge < -0.3 is 14.6 Å². The highest BCUT2D eigenvalue weighted by molar-refractivity contribution is 5.35. The minimum atomic E-state index is -4.79. The van der Waals surface area contributed by atoms with Crippen LogP contribution in [-0.2, 0) is 4.74 Å². The third-order valence-electron chi connectivity index (χ3n) is 2.28. The van der Waals surface area contributed by atoms with E-state index in [-0.39, 0.29) is 5.56 Å². The number of rotatable bonds is 4. The molecule has 2 atom stereocenters. The summed E-state index contributed by atoms with van der Waals surface area (Å²) in [6, 6.07) is 5.43. The van der Waals surface area contributed by atoms with Crippen molar-refractivity contribution in [3.8, 4) is 5.75 Å². The standard InChI is InChI=1S/C11H13F3O3/c1-7(16-2)10(15)8-5-3-4-6-9(8)17-11(12,13)14/h3-7,10,15H,1-2H3. The van der Waals surface area contributed by atoms with Gasteiger partial charge in [-0.25, -0.2) is 0 Å². The van der Waals surface area contributed by atoms with Crippen LogP contribution < -0.4 is 4.74 Å². The van der Waals surface area contributed by atoms with E-state index in [9.17, 15) is 18.3 Å². The van der Waals surface area contributed by atoms with E-state index in [4.69, 9.17) is 4.74 Å². The van der Waals surface area contributed by atoms with Crippen LogP contribution in [0.5, 0.6) is 5.75 Å². The first-order valence-corrected chi connectivity index (χ1v) is 4.90. The van der Waals surface area contributed by atoms with Gasteiger partial charge in [0.2, 0.25) is 0 Å². The molecule has 0 saturated carbocycles. The van der Waals surface area contributed by atoms with E-state index < -0.39 is 24.3 Å². The maximum absolute atomic E-state index is 12.1. The van der Waals surface area contributed by atoms with Crippen LogP contribution in [0.1, 0.15) is 18.6 Å². The molecule has 1 rings (SSSR count). The molecular weight excluding hydrogens is 237 g/mol. The van der Waals surface area contributed by atoms with Crippen molar-refractivity contribution in [2.24, 2.45) is 0 Å². The monoisotopic (exact) mass is 250 g/mol. The number of hydrogen-bond donors (Lipinski definition) is 1. The molecule has 0 radical (unpaired) electrons. The summed E-state index contributed by atoms with van der Waals surface area (Å²) in [6.07, 6.45) is -6.60. The molecule has 0 aliphatic rings. The van der Waals surface area contributed by atoms with E-state index in [1.807, 2.05) is 0 Å². The van der Waals surface area contributed by atoms with Crippen LogP contribution >= 0.6 is 0 Å². The molecule has 0 aliphatic carbocycles. The number of halogens is 3. The molecule has 0 fully saturated rings. The first kappa shape index (κ1) is 13.8. The molecule has 2 unspecified atom stereocenters. The van der Waals surface area contributed by atoms with Gasteiger partial charge in [-0.2, -0.15) is 0 Å². The van der Waals surface area contributed by atoms with E-state index in [2.05, 4.69) is 4.74 Å². The summed E-state index contributed by atoms with van der Waals surface area (Å²) in [4.78, 5) is 0. The van der Waals surface area contributed by atoms with Gasteiger partial charge in [0.25, 0.3) is 0 Å². The predicted octanol–water partition coefficient (Wildman–Crippen LogP) is 2.65. The smallest absolute Gasteiger partial charge is 0.405 e. The molecule has 0 saturated heterocycles. The largest absolute Gasteiger partial charge is 0.573 e. The molecule has 0 aliphatic heterocycles. The Hall–Kier alpha value is -1.27. The minimum absolute atomic E-state index is 0.0409. The van der Waals surface area contributed by atoms with Crippen LogP contribution in [0, 0.1) is 0 Å². The lowest BCUT2D eigenvalue weighted by Crippen LogP contribution is -2.21. The Balaban J connectivity index is 2.99. The summed E-state index contributed by atoms with van der Waals surface area (Å²) >= 11 is 0. The second-order valence-electron chi connectivity index (χ2n) is 3.47. The van der Waals surface area contributed by atoms with E-state index in [1.54, 1.807) is 6.92 Å². The molecule has 0 amide bonds. The quantitative estimate of drug-likeness (QED) is 0.892. The zero-order valence-corrected chi connectivity index (χ0v) is 9.36. The molecule has 96 valence electrons. The lowest BCUT2D eigenvalue weighted by Gasteiger charge is -2.21. The predicted molar refractivity (Wildman–Crippen MR) is 54.6 cm³/mol. The summed E-state index contributed by atoms with van der Waals surface area (Å²) in [5.41, 5.74) is 0.0409. The maximum Gasteiger partial charge on any atom is 0.573 e. The van der Waals surface area contributed by atoms with Crippen molar-refractivity contribution in [1.82, 2.24) is 0 Å². The summed E-state index contributed by atoms with van der Waals surface area (Å²) in [5, 5.41) is 9.79. The minimum Gasteiger partial charge on any atom is -0.405 e. The highest BCUT2D eigenvalue weighted by Gasteiger charge is 2.33. The molecule has 1 aromatic carbocycles. The number of para-hydroxylation sites is 1. The van der Waals surface area contributed by atoms with Crippen LogP contribution in [0.4, 0.5) is 13.2 Å². The Morgan fingerprint density at radius 1 is 1.24 bits per heavy atom. The Kier molecular flexibility index (Phi) is 4.36. The van der Waals surface area contributed by atoms with Gasteiger partial charge in [0.05, 0.1) is 6.10 Å². The molecule has 1 N–H and O–H groups in total. The molecule has 1 aromatic rings. The summed E-state index contributed by atoms with van der Waals surface area (Å²) in [7, 11) is 1.36. The fourth-order valence-corrected chi connectivity index (χ4v) is 1.32. The number of alkyl halides is 3. The van der Waals surface area contributed by atoms with E-state index in [1.165, 1.54) is 25.3 Å². The van der Waals surface area contributed by atoms with E-state index in [0.29, 0.717) is 0 Å². The van der Waals surface area contributed by atoms with Crippen molar-refractivity contribution >= 4 is 0 Å². The Morgan fingerprint density at radius 2 is 1.82 bits per heavy atom. The van der Waals surface area contributed by atoms with Crippen LogP contribution in [0.2, 0.25) is 0 Å². The highest BCUT2D eigenvalue weighted by atomic mass is 19.4. The summed E-state index contributed by atoms with van der Waals surface area (Å²) in [5.74, 6) is -0.420. The van der Waals surface area contributed by atoms with E-state index in [0.717, 1.165) is 6.07 Å². The Bertz CT molecular complexity index is 365. The Morgan fingerprint density at radius 3 is 2.35 bits per heavy atom. The third kappa shape index (κ3) is 3.90. The average Bonchev–Trinajstić information content (AvgIpc) is 2.25. The Labute approximate surface area is 96.8 Å². The van der Waals surface area contributed by atoms with Gasteiger partial charge in [-0.1, -0.05) is 18.2 Å². The number of ether oxygens (including phenoxy) is 2. The molecule has 17 heavy (non-hydrogen) atoms. The van der Waals surface area contributed by atoms with Crippen molar-refractivity contribution < 1.29 is 27.8 Å². The van der Waals surface area contributed by atoms with Crippen molar-refractivity contribution in [2.45, 2.75) is 25.5 Å². The van der Waals surface area contributed by atoms with Crippen molar-refractivity contribution in [2.75, 3.05) is 7.11 Å². The van der Waals surface area contributed by atoms with Crippen molar-refractivity contribution in [1.29, 1.82) is 0 Å². The molecular formula is C11H13F3O3. The van der Waals surface area contributed by atoms with Crippen molar-refractivity contribution in [3.63, 3.8) is 0 Å². The van der Waals surface area contributed by atoms with Gasteiger partial charge in [0, 0.05) is 12.7 Å². The maximum atomic E-state index is 12.1. The fourth-order valence-electron chi connectivity index (χ4n) is 1.32. The van der Waals surface area contributed by atoms with Gasteiger partial charge in [-0.15, -0.1) is 13.2 Å². The topological polar surface area (TPSA) is 38.7 Å². The number of aliphatic hydroxyl groups is 1. The molecule has 0 bridgehead atoms. The number of methoxy groups -OCH3 is 1. The molecule has 0 aromatic heterocycles. The SMILES string of the molecule is COC(C)C(O)c1ccccc1OC(F)(F)F. The van der Waals surface area contributed by atoms with E-state index >= 15 is 0 Å². The van der Waals surface area contributed by atoms with Crippen molar-refractivity contribution in [3.05, 3.63) is 29.8 Å². The second kappa shape index (κ2) is 5.37. The lowest BCUT2D eigenvalue weighted by molar-refractivity contribution is -0.275. The number of hydrogen-bond acceptors (Lipinski definition) is 3. The van der Waals surface area contributed by atoms with Crippen LogP contribution in [0.25, 0.3) is 0 Å². The molecule has 0 heterocycles. The van der Waals surface area contributed by atoms with Gasteiger partial charge in [0.15, 0.2) is 0 Å². The van der Waals surface area contributed by atoms with Crippen LogP contribution in [0.3, 0.4) is 0 Å². The second-order valence-corrected chi connectivity index (χ2v) is 3.47. The van der Waals surface area contributed by atoms with Gasteiger partial charge in [0.1, 0.15) is 11.9 Å². The average molecular weight is 250 g/mol. The first-order chi connectivity index (χ1) is 7.85. The summed E-state index contributed by atoms with van der Waals surface area (Å²) < 4.78 is 45.1. The molecule has 0 spiro atoms. The third-order valence-corrected chi connectivity index (χ3v) is 2.28. The van der Waals surface area contributed by atoms with Gasteiger partial charge in [-0.05, 0) is 13.0 Å². The zero-order chi connectivity index (χ0) is 13.1. The number of aliphatic hydroxyl groups excluding tert-OH is 1. The van der Waals surface area contributed by atoms with Crippen LogP contribution in [-0.4, -0.2) is 24.7 Å². The molecule has 6 heteroatoms. The van der Waals surface area contributed by atoms with Crippen LogP contribution in [0.15, 0.2) is 24.3 Å². The first-order valence-electron chi connectivity index (χ1n) is 4.90. The normalized spacial score (nSPS) is 15.4. The fraction of sp³-hybridized carbons (Fsp3) is 0.455. The zero-order valence-electron chi connectivity index (χ0n) is 9.36. The highest BCUT2D eigenvalue weighted by Crippen LogP contribution is 2.32. The van der Waals surface area contributed by atoms with Gasteiger partial charge >= 0.3 is 6.36 Å². The summed E-state index contributed by atoms with van der Waals surface area (Å²) in [6.45, 7) is 1.55.